The molecule has 3 heteroatoms. The monoisotopic (exact) mass is 259 g/mol. The van der Waals surface area contributed by atoms with Gasteiger partial charge in [0, 0.05) is 5.56 Å². The van der Waals surface area contributed by atoms with E-state index in [0.29, 0.717) is 0 Å². The van der Waals surface area contributed by atoms with Crippen LogP contribution < -0.4 is 10.1 Å². The minimum atomic E-state index is 0.156. The lowest BCUT2D eigenvalue weighted by Crippen LogP contribution is -2.16. The number of unbranched alkanes of at least 4 members (excludes halogenated alkanes) is 1. The molecule has 1 unspecified atom stereocenters. The first-order valence-corrected chi connectivity index (χ1v) is 6.77. The highest BCUT2D eigenvalue weighted by atomic mass is 16.5. The number of rotatable bonds is 7. The summed E-state index contributed by atoms with van der Waals surface area (Å²) >= 11 is 0. The van der Waals surface area contributed by atoms with Crippen LogP contribution in [0.3, 0.4) is 0 Å². The lowest BCUT2D eigenvalue weighted by molar-refractivity contribution is 0.309. The lowest BCUT2D eigenvalue weighted by Gasteiger charge is -2.15. The van der Waals surface area contributed by atoms with E-state index in [9.17, 15) is 0 Å². The Balaban J connectivity index is 2.04. The van der Waals surface area contributed by atoms with Gasteiger partial charge >= 0.3 is 0 Å². The molecule has 1 aromatic heterocycles. The molecule has 1 atom stereocenters. The van der Waals surface area contributed by atoms with Crippen molar-refractivity contribution in [1.82, 2.24) is 5.32 Å². The molecule has 1 N–H and O–H groups in total. The molecule has 1 aromatic carbocycles. The summed E-state index contributed by atoms with van der Waals surface area (Å²) < 4.78 is 10.8. The molecule has 0 aliphatic rings. The van der Waals surface area contributed by atoms with Gasteiger partial charge in [0.2, 0.25) is 0 Å². The van der Waals surface area contributed by atoms with E-state index in [0.717, 1.165) is 30.8 Å². The highest BCUT2D eigenvalue weighted by Crippen LogP contribution is 2.24. The number of benzene rings is 1. The van der Waals surface area contributed by atoms with Crippen LogP contribution in [0.4, 0.5) is 0 Å². The van der Waals surface area contributed by atoms with Crippen molar-refractivity contribution in [2.45, 2.75) is 25.8 Å². The van der Waals surface area contributed by atoms with Gasteiger partial charge in [-0.25, -0.2) is 0 Å². The van der Waals surface area contributed by atoms with Crippen molar-refractivity contribution >= 4 is 0 Å². The third-order valence-corrected chi connectivity index (χ3v) is 3.15. The number of furan rings is 1. The molecule has 102 valence electrons. The van der Waals surface area contributed by atoms with E-state index in [-0.39, 0.29) is 6.04 Å². The molecule has 0 saturated heterocycles. The maximum absolute atomic E-state index is 5.67. The van der Waals surface area contributed by atoms with Gasteiger partial charge < -0.3 is 14.5 Å². The van der Waals surface area contributed by atoms with E-state index < -0.39 is 0 Å². The SMILES string of the molecule is CCCCOc1ccc(C(NC)c2ccoc2)cc1. The molecule has 1 heterocycles. The van der Waals surface area contributed by atoms with E-state index in [2.05, 4.69) is 24.4 Å². The summed E-state index contributed by atoms with van der Waals surface area (Å²) in [7, 11) is 1.95. The predicted molar refractivity (Wildman–Crippen MR) is 76.5 cm³/mol. The summed E-state index contributed by atoms with van der Waals surface area (Å²) in [6.45, 7) is 2.95. The Hall–Kier alpha value is -1.74. The fourth-order valence-corrected chi connectivity index (χ4v) is 2.06. The molecule has 0 aliphatic carbocycles. The fourth-order valence-electron chi connectivity index (χ4n) is 2.06. The number of nitrogens with one attached hydrogen (secondary N) is 1. The van der Waals surface area contributed by atoms with E-state index in [1.807, 2.05) is 25.2 Å². The van der Waals surface area contributed by atoms with Crippen LogP contribution in [-0.4, -0.2) is 13.7 Å². The highest BCUT2D eigenvalue weighted by molar-refractivity contribution is 5.34. The standard InChI is InChI=1S/C16H21NO2/c1-3-4-10-19-15-7-5-13(6-8-15)16(17-2)14-9-11-18-12-14/h5-9,11-12,16-17H,3-4,10H2,1-2H3. The number of hydrogen-bond donors (Lipinski definition) is 1. The van der Waals surface area contributed by atoms with Gasteiger partial charge in [0.15, 0.2) is 0 Å². The summed E-state index contributed by atoms with van der Waals surface area (Å²) in [5.41, 5.74) is 2.33. The van der Waals surface area contributed by atoms with Crippen molar-refractivity contribution in [2.75, 3.05) is 13.7 Å². The van der Waals surface area contributed by atoms with Crippen LogP contribution in [-0.2, 0) is 0 Å². The van der Waals surface area contributed by atoms with Gasteiger partial charge in [-0.15, -0.1) is 0 Å². The molecule has 2 aromatic rings. The second kappa shape index (κ2) is 7.00. The molecule has 0 fully saturated rings. The molecule has 0 bridgehead atoms. The van der Waals surface area contributed by atoms with Gasteiger partial charge in [0.05, 0.1) is 25.2 Å². The first-order valence-electron chi connectivity index (χ1n) is 6.77. The molecule has 3 nitrogen and oxygen atoms in total. The summed E-state index contributed by atoms with van der Waals surface area (Å²) in [6, 6.07) is 10.4. The van der Waals surface area contributed by atoms with Crippen molar-refractivity contribution in [2.24, 2.45) is 0 Å². The van der Waals surface area contributed by atoms with Gasteiger partial charge in [0.25, 0.3) is 0 Å². The summed E-state index contributed by atoms with van der Waals surface area (Å²) in [6.07, 6.45) is 5.71. The smallest absolute Gasteiger partial charge is 0.119 e. The van der Waals surface area contributed by atoms with Crippen molar-refractivity contribution in [1.29, 1.82) is 0 Å². The Kier molecular flexibility index (Phi) is 5.04. The molecule has 0 aliphatic heterocycles. The summed E-state index contributed by atoms with van der Waals surface area (Å²) in [4.78, 5) is 0. The lowest BCUT2D eigenvalue weighted by atomic mass is 10.0. The Bertz CT molecular complexity index is 462. The normalized spacial score (nSPS) is 12.3. The van der Waals surface area contributed by atoms with E-state index >= 15 is 0 Å². The van der Waals surface area contributed by atoms with Crippen molar-refractivity contribution < 1.29 is 9.15 Å². The van der Waals surface area contributed by atoms with Crippen LogP contribution in [0.1, 0.15) is 36.9 Å². The van der Waals surface area contributed by atoms with E-state index in [1.165, 1.54) is 5.56 Å². The van der Waals surface area contributed by atoms with Crippen LogP contribution in [0.2, 0.25) is 0 Å². The summed E-state index contributed by atoms with van der Waals surface area (Å²) in [5.74, 6) is 0.930. The molecule has 2 rings (SSSR count). The van der Waals surface area contributed by atoms with Crippen molar-refractivity contribution in [3.63, 3.8) is 0 Å². The second-order valence-corrected chi connectivity index (χ2v) is 4.55. The van der Waals surface area contributed by atoms with Crippen LogP contribution in [0.15, 0.2) is 47.3 Å². The average Bonchev–Trinajstić information content (AvgIpc) is 2.96. The fraction of sp³-hybridized carbons (Fsp3) is 0.375. The topological polar surface area (TPSA) is 34.4 Å². The Morgan fingerprint density at radius 2 is 1.95 bits per heavy atom. The molecule has 0 radical (unpaired) electrons. The maximum Gasteiger partial charge on any atom is 0.119 e. The molecule has 19 heavy (non-hydrogen) atoms. The van der Waals surface area contributed by atoms with Crippen LogP contribution in [0.25, 0.3) is 0 Å². The quantitative estimate of drug-likeness (QED) is 0.769. The van der Waals surface area contributed by atoms with Crippen LogP contribution >= 0.6 is 0 Å². The van der Waals surface area contributed by atoms with Gasteiger partial charge in [0.1, 0.15) is 5.75 Å². The summed E-state index contributed by atoms with van der Waals surface area (Å²) in [5, 5.41) is 3.29. The molecular weight excluding hydrogens is 238 g/mol. The Morgan fingerprint density at radius 1 is 1.16 bits per heavy atom. The minimum absolute atomic E-state index is 0.156. The predicted octanol–water partition coefficient (Wildman–Crippen LogP) is 3.77. The van der Waals surface area contributed by atoms with Crippen LogP contribution in [0, 0.1) is 0 Å². The van der Waals surface area contributed by atoms with Gasteiger partial charge in [-0.2, -0.15) is 0 Å². The largest absolute Gasteiger partial charge is 0.494 e. The van der Waals surface area contributed by atoms with Crippen molar-refractivity contribution in [3.05, 3.63) is 54.0 Å². The van der Waals surface area contributed by atoms with E-state index in [4.69, 9.17) is 9.15 Å². The van der Waals surface area contributed by atoms with Gasteiger partial charge in [-0.3, -0.25) is 0 Å². The Morgan fingerprint density at radius 3 is 2.53 bits per heavy atom. The zero-order chi connectivity index (χ0) is 13.5. The minimum Gasteiger partial charge on any atom is -0.494 e. The Labute approximate surface area is 114 Å². The molecule has 0 spiro atoms. The van der Waals surface area contributed by atoms with Gasteiger partial charge in [-0.1, -0.05) is 25.5 Å². The molecule has 0 saturated carbocycles. The highest BCUT2D eigenvalue weighted by Gasteiger charge is 2.12. The average molecular weight is 259 g/mol. The van der Waals surface area contributed by atoms with Crippen LogP contribution in [0.5, 0.6) is 5.75 Å². The maximum atomic E-state index is 5.67. The first-order chi connectivity index (χ1) is 9.35. The zero-order valence-electron chi connectivity index (χ0n) is 11.6. The third kappa shape index (κ3) is 3.61. The van der Waals surface area contributed by atoms with E-state index in [1.54, 1.807) is 12.5 Å². The number of ether oxygens (including phenoxy) is 1. The first kappa shape index (κ1) is 13.7. The molecule has 0 amide bonds. The second-order valence-electron chi connectivity index (χ2n) is 4.55. The third-order valence-electron chi connectivity index (χ3n) is 3.15. The number of hydrogen-bond acceptors (Lipinski definition) is 3. The van der Waals surface area contributed by atoms with Crippen molar-refractivity contribution in [3.8, 4) is 5.75 Å². The molecular formula is C16H21NO2. The van der Waals surface area contributed by atoms with Gasteiger partial charge in [-0.05, 0) is 37.2 Å². The zero-order valence-corrected chi connectivity index (χ0v) is 11.6.